The van der Waals surface area contributed by atoms with Gasteiger partial charge in [0.1, 0.15) is 11.6 Å². The number of allylic oxidation sites excluding steroid dienone is 1. The van der Waals surface area contributed by atoms with Gasteiger partial charge in [0.25, 0.3) is 0 Å². The van der Waals surface area contributed by atoms with Crippen LogP contribution < -0.4 is 0 Å². The van der Waals surface area contributed by atoms with Gasteiger partial charge in [-0.25, -0.2) is 8.78 Å². The summed E-state index contributed by atoms with van der Waals surface area (Å²) >= 11 is 5.36. The fourth-order valence-electron chi connectivity index (χ4n) is 0.852. The molecule has 1 aromatic rings. The molecule has 0 radical (unpaired) electrons. The maximum absolute atomic E-state index is 12.5. The largest absolute Gasteiger partial charge is 0.207 e. The zero-order valence-electron chi connectivity index (χ0n) is 6.23. The first-order valence-corrected chi connectivity index (χ1v) is 3.94. The summed E-state index contributed by atoms with van der Waals surface area (Å²) < 4.78 is 25.1. The van der Waals surface area contributed by atoms with E-state index in [1.807, 2.05) is 0 Å². The monoisotopic (exact) mass is 188 g/mol. The molecule has 0 amide bonds. The Morgan fingerprint density at radius 2 is 1.75 bits per heavy atom. The van der Waals surface area contributed by atoms with Gasteiger partial charge in [0.2, 0.25) is 0 Å². The van der Waals surface area contributed by atoms with Gasteiger partial charge in [-0.1, -0.05) is 12.2 Å². The second-order valence-corrected chi connectivity index (χ2v) is 2.57. The first-order valence-electron chi connectivity index (χ1n) is 3.41. The van der Waals surface area contributed by atoms with Crippen molar-refractivity contribution in [1.29, 1.82) is 0 Å². The van der Waals surface area contributed by atoms with Gasteiger partial charge >= 0.3 is 0 Å². The quantitative estimate of drug-likeness (QED) is 0.626. The van der Waals surface area contributed by atoms with E-state index in [1.165, 1.54) is 12.1 Å². The lowest BCUT2D eigenvalue weighted by atomic mass is 10.2. The summed E-state index contributed by atoms with van der Waals surface area (Å²) in [6, 6.07) is 3.32. The molecule has 0 saturated carbocycles. The van der Waals surface area contributed by atoms with Crippen LogP contribution in [0.15, 0.2) is 24.3 Å². The average molecular weight is 189 g/mol. The minimum Gasteiger partial charge on any atom is -0.207 e. The molecular formula is C9H7ClF2. The topological polar surface area (TPSA) is 0 Å². The molecule has 0 spiro atoms. The second-order valence-electron chi connectivity index (χ2n) is 2.26. The number of hydrogen-bond acceptors (Lipinski definition) is 0. The molecule has 0 heterocycles. The number of benzene rings is 1. The molecule has 0 aliphatic carbocycles. The summed E-state index contributed by atoms with van der Waals surface area (Å²) in [6.45, 7) is 0. The number of alkyl halides is 1. The Morgan fingerprint density at radius 1 is 1.17 bits per heavy atom. The van der Waals surface area contributed by atoms with E-state index in [0.29, 0.717) is 11.4 Å². The fraction of sp³-hybridized carbons (Fsp3) is 0.111. The summed E-state index contributed by atoms with van der Waals surface area (Å²) in [5.41, 5.74) is 0.480. The Balaban J connectivity index is 2.93. The zero-order valence-corrected chi connectivity index (χ0v) is 6.98. The third-order valence-corrected chi connectivity index (χ3v) is 1.46. The van der Waals surface area contributed by atoms with Gasteiger partial charge in [-0.15, -0.1) is 11.6 Å². The van der Waals surface area contributed by atoms with Gasteiger partial charge in [-0.05, 0) is 17.7 Å². The molecule has 1 rings (SSSR count). The van der Waals surface area contributed by atoms with E-state index in [0.717, 1.165) is 6.07 Å². The molecule has 12 heavy (non-hydrogen) atoms. The number of halogens is 3. The van der Waals surface area contributed by atoms with Crippen molar-refractivity contribution < 1.29 is 8.78 Å². The van der Waals surface area contributed by atoms with Crippen LogP contribution in [0.1, 0.15) is 5.56 Å². The van der Waals surface area contributed by atoms with Gasteiger partial charge < -0.3 is 0 Å². The smallest absolute Gasteiger partial charge is 0.126 e. The van der Waals surface area contributed by atoms with Crippen molar-refractivity contribution in [2.45, 2.75) is 0 Å². The van der Waals surface area contributed by atoms with E-state index in [4.69, 9.17) is 11.6 Å². The van der Waals surface area contributed by atoms with Crippen LogP contribution >= 0.6 is 11.6 Å². The third-order valence-electron chi connectivity index (χ3n) is 1.28. The lowest BCUT2D eigenvalue weighted by Crippen LogP contribution is -1.81. The van der Waals surface area contributed by atoms with Crippen molar-refractivity contribution in [3.63, 3.8) is 0 Å². The van der Waals surface area contributed by atoms with E-state index < -0.39 is 11.6 Å². The minimum atomic E-state index is -0.579. The second kappa shape index (κ2) is 4.21. The highest BCUT2D eigenvalue weighted by atomic mass is 35.5. The van der Waals surface area contributed by atoms with E-state index in [1.54, 1.807) is 12.2 Å². The molecule has 0 atom stereocenters. The summed E-state index contributed by atoms with van der Waals surface area (Å²) in [7, 11) is 0. The molecule has 3 heteroatoms. The van der Waals surface area contributed by atoms with Crippen LogP contribution in [0.25, 0.3) is 6.08 Å². The lowest BCUT2D eigenvalue weighted by Gasteiger charge is -1.94. The van der Waals surface area contributed by atoms with Gasteiger partial charge in [-0.2, -0.15) is 0 Å². The highest BCUT2D eigenvalue weighted by Crippen LogP contribution is 2.09. The molecular weight excluding hydrogens is 182 g/mol. The maximum atomic E-state index is 12.5. The predicted octanol–water partition coefficient (Wildman–Crippen LogP) is 3.22. The summed E-state index contributed by atoms with van der Waals surface area (Å²) in [5.74, 6) is -0.827. The van der Waals surface area contributed by atoms with Crippen molar-refractivity contribution >= 4 is 17.7 Å². The molecule has 1 aromatic carbocycles. The predicted molar refractivity (Wildman–Crippen MR) is 46.1 cm³/mol. The van der Waals surface area contributed by atoms with Crippen LogP contribution in [-0.2, 0) is 0 Å². The normalized spacial score (nSPS) is 10.9. The molecule has 0 aliphatic rings. The lowest BCUT2D eigenvalue weighted by molar-refractivity contribution is 0.583. The SMILES string of the molecule is Fc1cc(F)cc(/C=C\CCl)c1. The van der Waals surface area contributed by atoms with E-state index in [9.17, 15) is 8.78 Å². The van der Waals surface area contributed by atoms with Crippen molar-refractivity contribution in [2.24, 2.45) is 0 Å². The van der Waals surface area contributed by atoms with Crippen LogP contribution in [-0.4, -0.2) is 5.88 Å². The average Bonchev–Trinajstić information content (AvgIpc) is 1.99. The van der Waals surface area contributed by atoms with Crippen molar-refractivity contribution in [2.75, 3.05) is 5.88 Å². The molecule has 0 nitrogen and oxygen atoms in total. The summed E-state index contributed by atoms with van der Waals surface area (Å²) in [6.07, 6.45) is 3.19. The van der Waals surface area contributed by atoms with Crippen LogP contribution in [0.2, 0.25) is 0 Å². The van der Waals surface area contributed by atoms with Crippen LogP contribution in [0.5, 0.6) is 0 Å². The Kier molecular flexibility index (Phi) is 3.23. The molecule has 0 N–H and O–H groups in total. The van der Waals surface area contributed by atoms with Crippen LogP contribution in [0, 0.1) is 11.6 Å². The van der Waals surface area contributed by atoms with Crippen molar-refractivity contribution in [3.05, 3.63) is 41.5 Å². The molecule has 0 bridgehead atoms. The molecule has 0 unspecified atom stereocenters. The summed E-state index contributed by atoms with van der Waals surface area (Å²) in [5, 5.41) is 0. The summed E-state index contributed by atoms with van der Waals surface area (Å²) in [4.78, 5) is 0. The van der Waals surface area contributed by atoms with Gasteiger partial charge in [0.15, 0.2) is 0 Å². The molecule has 0 aromatic heterocycles. The van der Waals surface area contributed by atoms with Crippen LogP contribution in [0.3, 0.4) is 0 Å². The van der Waals surface area contributed by atoms with E-state index in [2.05, 4.69) is 0 Å². The standard InChI is InChI=1S/C9H7ClF2/c10-3-1-2-7-4-8(11)6-9(12)5-7/h1-2,4-6H,3H2/b2-1-. The molecule has 0 fully saturated rings. The first kappa shape index (κ1) is 9.20. The minimum absolute atomic E-state index is 0.331. The molecule has 0 aliphatic heterocycles. The van der Waals surface area contributed by atoms with Crippen molar-refractivity contribution in [3.8, 4) is 0 Å². The van der Waals surface area contributed by atoms with E-state index in [-0.39, 0.29) is 0 Å². The first-order chi connectivity index (χ1) is 5.72. The Labute approximate surface area is 74.5 Å². The Hall–Kier alpha value is -0.890. The van der Waals surface area contributed by atoms with Gasteiger partial charge in [0, 0.05) is 11.9 Å². The Bertz CT molecular complexity index is 274. The molecule has 0 saturated heterocycles. The highest BCUT2D eigenvalue weighted by Gasteiger charge is 1.96. The number of hydrogen-bond donors (Lipinski definition) is 0. The maximum Gasteiger partial charge on any atom is 0.126 e. The zero-order chi connectivity index (χ0) is 8.97. The van der Waals surface area contributed by atoms with Crippen molar-refractivity contribution in [1.82, 2.24) is 0 Å². The third kappa shape index (κ3) is 2.62. The van der Waals surface area contributed by atoms with Crippen LogP contribution in [0.4, 0.5) is 8.78 Å². The number of rotatable bonds is 2. The fourth-order valence-corrected chi connectivity index (χ4v) is 0.941. The highest BCUT2D eigenvalue weighted by molar-refractivity contribution is 6.19. The van der Waals surface area contributed by atoms with E-state index >= 15 is 0 Å². The Morgan fingerprint density at radius 3 is 2.25 bits per heavy atom. The van der Waals surface area contributed by atoms with Gasteiger partial charge in [-0.3, -0.25) is 0 Å². The molecule has 64 valence electrons. The van der Waals surface area contributed by atoms with Gasteiger partial charge in [0.05, 0.1) is 0 Å².